The monoisotopic (exact) mass is 297 g/mol. The summed E-state index contributed by atoms with van der Waals surface area (Å²) >= 11 is 0. The van der Waals surface area contributed by atoms with Crippen molar-refractivity contribution in [2.75, 3.05) is 25.2 Å². The van der Waals surface area contributed by atoms with Gasteiger partial charge in [-0.25, -0.2) is 0 Å². The van der Waals surface area contributed by atoms with E-state index in [9.17, 15) is 0 Å². The van der Waals surface area contributed by atoms with Crippen molar-refractivity contribution in [2.45, 2.75) is 25.5 Å². The van der Waals surface area contributed by atoms with Gasteiger partial charge in [0.05, 0.1) is 26.4 Å². The molecule has 0 saturated carbocycles. The second-order valence-corrected chi connectivity index (χ2v) is 5.69. The first-order chi connectivity index (χ1) is 10.9. The molecule has 0 aromatic heterocycles. The summed E-state index contributed by atoms with van der Waals surface area (Å²) < 4.78 is 11.2. The van der Waals surface area contributed by atoms with E-state index in [0.717, 1.165) is 18.9 Å². The minimum atomic E-state index is 0.470. The standard InChI is InChI=1S/C19H23NO2/c1-21-19-11-9-17(10-12-19)20-13-5-8-18(20)15-22-14-16-6-3-2-4-7-16/h2-4,6-7,9-12,18H,5,8,13-15H2,1H3/t18-/m0/s1. The summed E-state index contributed by atoms with van der Waals surface area (Å²) in [6.45, 7) is 2.57. The number of anilines is 1. The molecule has 0 aliphatic carbocycles. The number of hydrogen-bond donors (Lipinski definition) is 0. The van der Waals surface area contributed by atoms with E-state index in [0.29, 0.717) is 12.6 Å². The predicted molar refractivity (Wildman–Crippen MR) is 89.5 cm³/mol. The van der Waals surface area contributed by atoms with E-state index in [1.54, 1.807) is 7.11 Å². The lowest BCUT2D eigenvalue weighted by Crippen LogP contribution is -2.33. The van der Waals surface area contributed by atoms with Gasteiger partial charge in [-0.3, -0.25) is 0 Å². The van der Waals surface area contributed by atoms with Crippen molar-refractivity contribution in [3.63, 3.8) is 0 Å². The Hall–Kier alpha value is -2.00. The third kappa shape index (κ3) is 3.60. The number of benzene rings is 2. The Bertz CT molecular complexity index is 568. The summed E-state index contributed by atoms with van der Waals surface area (Å²) in [5.74, 6) is 0.903. The Balaban J connectivity index is 1.56. The predicted octanol–water partition coefficient (Wildman–Crippen LogP) is 3.88. The lowest BCUT2D eigenvalue weighted by atomic mass is 10.2. The highest BCUT2D eigenvalue weighted by Crippen LogP contribution is 2.27. The zero-order chi connectivity index (χ0) is 15.2. The summed E-state index contributed by atoms with van der Waals surface area (Å²) in [7, 11) is 1.70. The van der Waals surface area contributed by atoms with Crippen LogP contribution in [0.5, 0.6) is 5.75 Å². The van der Waals surface area contributed by atoms with Crippen LogP contribution in [0.25, 0.3) is 0 Å². The summed E-state index contributed by atoms with van der Waals surface area (Å²) in [5, 5.41) is 0. The van der Waals surface area contributed by atoms with E-state index in [2.05, 4.69) is 41.3 Å². The van der Waals surface area contributed by atoms with Gasteiger partial charge >= 0.3 is 0 Å². The molecule has 1 saturated heterocycles. The summed E-state index contributed by atoms with van der Waals surface area (Å²) in [6, 6.07) is 19.1. The van der Waals surface area contributed by atoms with Crippen molar-refractivity contribution in [3.8, 4) is 5.75 Å². The molecule has 3 heteroatoms. The van der Waals surface area contributed by atoms with Gasteiger partial charge in [-0.2, -0.15) is 0 Å². The van der Waals surface area contributed by atoms with E-state index in [1.807, 2.05) is 18.2 Å². The average Bonchev–Trinajstić information content (AvgIpc) is 3.04. The Morgan fingerprint density at radius 3 is 2.55 bits per heavy atom. The minimum absolute atomic E-state index is 0.470. The summed E-state index contributed by atoms with van der Waals surface area (Å²) in [4.78, 5) is 2.45. The fraction of sp³-hybridized carbons (Fsp3) is 0.368. The molecule has 3 rings (SSSR count). The Labute approximate surface area is 132 Å². The first-order valence-corrected chi connectivity index (χ1v) is 7.89. The van der Waals surface area contributed by atoms with Gasteiger partial charge in [0.15, 0.2) is 0 Å². The van der Waals surface area contributed by atoms with E-state index in [4.69, 9.17) is 9.47 Å². The van der Waals surface area contributed by atoms with Gasteiger partial charge in [-0.1, -0.05) is 30.3 Å². The largest absolute Gasteiger partial charge is 0.497 e. The maximum Gasteiger partial charge on any atom is 0.119 e. The van der Waals surface area contributed by atoms with Crippen molar-refractivity contribution >= 4 is 5.69 Å². The second-order valence-electron chi connectivity index (χ2n) is 5.69. The maximum atomic E-state index is 5.93. The van der Waals surface area contributed by atoms with Crippen LogP contribution in [0.1, 0.15) is 18.4 Å². The zero-order valence-corrected chi connectivity index (χ0v) is 13.1. The first-order valence-electron chi connectivity index (χ1n) is 7.89. The highest BCUT2D eigenvalue weighted by atomic mass is 16.5. The third-order valence-electron chi connectivity index (χ3n) is 4.20. The van der Waals surface area contributed by atoms with Crippen LogP contribution in [0.4, 0.5) is 5.69 Å². The second kappa shape index (κ2) is 7.32. The molecule has 22 heavy (non-hydrogen) atoms. The highest BCUT2D eigenvalue weighted by molar-refractivity contribution is 5.50. The van der Waals surface area contributed by atoms with Crippen LogP contribution in [0, 0.1) is 0 Å². The van der Waals surface area contributed by atoms with E-state index in [1.165, 1.54) is 24.1 Å². The fourth-order valence-electron chi connectivity index (χ4n) is 3.01. The van der Waals surface area contributed by atoms with Gasteiger partial charge in [-0.15, -0.1) is 0 Å². The quantitative estimate of drug-likeness (QED) is 0.807. The Kier molecular flexibility index (Phi) is 4.96. The van der Waals surface area contributed by atoms with Crippen LogP contribution in [-0.4, -0.2) is 26.3 Å². The molecule has 0 N–H and O–H groups in total. The van der Waals surface area contributed by atoms with Gasteiger partial charge in [-0.05, 0) is 42.7 Å². The van der Waals surface area contributed by atoms with E-state index >= 15 is 0 Å². The smallest absolute Gasteiger partial charge is 0.119 e. The van der Waals surface area contributed by atoms with Crippen molar-refractivity contribution in [2.24, 2.45) is 0 Å². The molecule has 0 spiro atoms. The number of hydrogen-bond acceptors (Lipinski definition) is 3. The molecule has 1 atom stereocenters. The van der Waals surface area contributed by atoms with Crippen LogP contribution in [-0.2, 0) is 11.3 Å². The van der Waals surface area contributed by atoms with Gasteiger partial charge < -0.3 is 14.4 Å². The number of methoxy groups -OCH3 is 1. The molecule has 2 aromatic carbocycles. The minimum Gasteiger partial charge on any atom is -0.497 e. The summed E-state index contributed by atoms with van der Waals surface area (Å²) in [5.41, 5.74) is 2.49. The lowest BCUT2D eigenvalue weighted by molar-refractivity contribution is 0.108. The summed E-state index contributed by atoms with van der Waals surface area (Å²) in [6.07, 6.45) is 2.42. The molecule has 1 heterocycles. The fourth-order valence-corrected chi connectivity index (χ4v) is 3.01. The van der Waals surface area contributed by atoms with Crippen molar-refractivity contribution < 1.29 is 9.47 Å². The van der Waals surface area contributed by atoms with Crippen molar-refractivity contribution in [1.82, 2.24) is 0 Å². The zero-order valence-electron chi connectivity index (χ0n) is 13.1. The third-order valence-corrected chi connectivity index (χ3v) is 4.20. The van der Waals surface area contributed by atoms with Crippen LogP contribution in [0.15, 0.2) is 54.6 Å². The molecular formula is C19H23NO2. The van der Waals surface area contributed by atoms with Crippen LogP contribution in [0.2, 0.25) is 0 Å². The van der Waals surface area contributed by atoms with Gasteiger partial charge in [0, 0.05) is 12.2 Å². The van der Waals surface area contributed by atoms with Crippen molar-refractivity contribution in [1.29, 1.82) is 0 Å². The topological polar surface area (TPSA) is 21.7 Å². The molecule has 0 amide bonds. The first kappa shape index (κ1) is 14.9. The number of rotatable bonds is 6. The van der Waals surface area contributed by atoms with E-state index in [-0.39, 0.29) is 0 Å². The number of ether oxygens (including phenoxy) is 2. The molecule has 3 nitrogen and oxygen atoms in total. The normalized spacial score (nSPS) is 17.7. The molecule has 0 bridgehead atoms. The molecule has 0 unspecified atom stereocenters. The van der Waals surface area contributed by atoms with Crippen LogP contribution in [0.3, 0.4) is 0 Å². The van der Waals surface area contributed by atoms with Gasteiger partial charge in [0.2, 0.25) is 0 Å². The molecule has 2 aromatic rings. The molecule has 1 fully saturated rings. The van der Waals surface area contributed by atoms with Gasteiger partial charge in [0.25, 0.3) is 0 Å². The maximum absolute atomic E-state index is 5.93. The average molecular weight is 297 g/mol. The Morgan fingerprint density at radius 1 is 1.05 bits per heavy atom. The van der Waals surface area contributed by atoms with Crippen LogP contribution >= 0.6 is 0 Å². The van der Waals surface area contributed by atoms with E-state index < -0.39 is 0 Å². The molecular weight excluding hydrogens is 274 g/mol. The SMILES string of the molecule is COc1ccc(N2CCC[C@H]2COCc2ccccc2)cc1. The molecule has 1 aliphatic heterocycles. The molecule has 1 aliphatic rings. The lowest BCUT2D eigenvalue weighted by Gasteiger charge is -2.27. The van der Waals surface area contributed by atoms with Gasteiger partial charge in [0.1, 0.15) is 5.75 Å². The van der Waals surface area contributed by atoms with Crippen LogP contribution < -0.4 is 9.64 Å². The molecule has 0 radical (unpaired) electrons. The Morgan fingerprint density at radius 2 is 1.82 bits per heavy atom. The number of nitrogens with zero attached hydrogens (tertiary/aromatic N) is 1. The molecule has 116 valence electrons. The van der Waals surface area contributed by atoms with Crippen molar-refractivity contribution in [3.05, 3.63) is 60.2 Å². The highest BCUT2D eigenvalue weighted by Gasteiger charge is 2.24.